The van der Waals surface area contributed by atoms with Crippen molar-refractivity contribution in [3.05, 3.63) is 35.9 Å². The highest BCUT2D eigenvalue weighted by molar-refractivity contribution is 5.94. The Kier molecular flexibility index (Phi) is 12.3. The van der Waals surface area contributed by atoms with E-state index >= 15 is 0 Å². The molecule has 2 saturated heterocycles. The van der Waals surface area contributed by atoms with Crippen LogP contribution in [0.3, 0.4) is 0 Å². The standard InChI is InChI=1S/C28H43N7O5/c1-34(21-13-10-14-30-18-21)25(36)22(19-31-29)24(26(37)35-15-8-3-4-9-16-35)33-28(39)32-23(27(38)40-2)17-20-11-6-5-7-12-20/h5-7,11-12,21-24,29-30H,3-4,8-10,13-19H2,1-2H3,(H2,32,33,39)/t21-,22+,23-,24?/m0/s1. The monoisotopic (exact) mass is 557 g/mol. The number of likely N-dealkylation sites (tertiary alicyclic amines) is 1. The lowest BCUT2D eigenvalue weighted by atomic mass is 9.94. The molecule has 0 spiro atoms. The zero-order chi connectivity index (χ0) is 28.9. The van der Waals surface area contributed by atoms with Crippen molar-refractivity contribution in [3.8, 4) is 0 Å². The van der Waals surface area contributed by atoms with Gasteiger partial charge in [0.2, 0.25) is 11.8 Å². The van der Waals surface area contributed by atoms with Crippen LogP contribution in [0, 0.1) is 11.4 Å². The van der Waals surface area contributed by atoms with E-state index in [1.54, 1.807) is 16.8 Å². The summed E-state index contributed by atoms with van der Waals surface area (Å²) in [5.41, 5.74) is 8.37. The molecule has 4 amide bonds. The van der Waals surface area contributed by atoms with Crippen molar-refractivity contribution < 1.29 is 23.9 Å². The molecule has 2 fully saturated rings. The number of amides is 4. The Labute approximate surface area is 236 Å². The predicted octanol–water partition coefficient (Wildman–Crippen LogP) is 1.70. The van der Waals surface area contributed by atoms with Crippen LogP contribution in [0.5, 0.6) is 0 Å². The number of hydrogen-bond donors (Lipinski definition) is 4. The molecule has 220 valence electrons. The molecule has 0 saturated carbocycles. The highest BCUT2D eigenvalue weighted by atomic mass is 16.5. The molecule has 1 aromatic carbocycles. The number of nitrogens with one attached hydrogen (secondary N) is 4. The summed E-state index contributed by atoms with van der Waals surface area (Å²) in [6.07, 6.45) is 5.60. The van der Waals surface area contributed by atoms with E-state index in [2.05, 4.69) is 21.1 Å². The highest BCUT2D eigenvalue weighted by Crippen LogP contribution is 2.19. The van der Waals surface area contributed by atoms with Crippen molar-refractivity contribution in [2.75, 3.05) is 46.9 Å². The fourth-order valence-corrected chi connectivity index (χ4v) is 5.38. The maximum Gasteiger partial charge on any atom is 0.328 e. The number of carbonyl (C=O) groups excluding carboxylic acids is 4. The first-order valence-corrected chi connectivity index (χ1v) is 14.1. The van der Waals surface area contributed by atoms with E-state index < -0.39 is 30.0 Å². The van der Waals surface area contributed by atoms with Crippen molar-refractivity contribution in [2.24, 2.45) is 11.0 Å². The highest BCUT2D eigenvalue weighted by Gasteiger charge is 2.40. The lowest BCUT2D eigenvalue weighted by Crippen LogP contribution is -2.61. The molecule has 3 rings (SSSR count). The van der Waals surface area contributed by atoms with E-state index in [-0.39, 0.29) is 30.8 Å². The van der Waals surface area contributed by atoms with Gasteiger partial charge < -0.3 is 30.5 Å². The molecule has 1 unspecified atom stereocenters. The minimum Gasteiger partial charge on any atom is -0.467 e. The van der Waals surface area contributed by atoms with Crippen LogP contribution in [0.1, 0.15) is 44.1 Å². The number of methoxy groups -OCH3 is 1. The Morgan fingerprint density at radius 3 is 2.40 bits per heavy atom. The molecule has 4 N–H and O–H groups in total. The zero-order valence-electron chi connectivity index (χ0n) is 23.6. The Bertz CT molecular complexity index is 994. The lowest BCUT2D eigenvalue weighted by Gasteiger charge is -2.36. The number of benzene rings is 1. The predicted molar refractivity (Wildman–Crippen MR) is 149 cm³/mol. The summed E-state index contributed by atoms with van der Waals surface area (Å²) < 4.78 is 4.91. The Balaban J connectivity index is 1.84. The third-order valence-electron chi connectivity index (χ3n) is 7.72. The summed E-state index contributed by atoms with van der Waals surface area (Å²) in [7, 11) is 2.93. The number of carbonyl (C=O) groups is 4. The molecule has 40 heavy (non-hydrogen) atoms. The van der Waals surface area contributed by atoms with Gasteiger partial charge >= 0.3 is 12.0 Å². The first-order chi connectivity index (χ1) is 19.3. The van der Waals surface area contributed by atoms with Crippen LogP contribution in [0.15, 0.2) is 35.4 Å². The van der Waals surface area contributed by atoms with Crippen LogP contribution in [0.2, 0.25) is 0 Å². The molecule has 2 heterocycles. The smallest absolute Gasteiger partial charge is 0.328 e. The van der Waals surface area contributed by atoms with Gasteiger partial charge in [-0.2, -0.15) is 5.11 Å². The van der Waals surface area contributed by atoms with Gasteiger partial charge in [-0.15, -0.1) is 0 Å². The summed E-state index contributed by atoms with van der Waals surface area (Å²) in [4.78, 5) is 56.8. The summed E-state index contributed by atoms with van der Waals surface area (Å²) in [5.74, 6) is -2.44. The van der Waals surface area contributed by atoms with Gasteiger partial charge in [0.05, 0.1) is 19.6 Å². The number of rotatable bonds is 11. The fourth-order valence-electron chi connectivity index (χ4n) is 5.38. The maximum atomic E-state index is 13.9. The number of esters is 1. The molecule has 2 aliphatic rings. The zero-order valence-corrected chi connectivity index (χ0v) is 23.6. The van der Waals surface area contributed by atoms with Crippen molar-refractivity contribution in [1.29, 1.82) is 5.53 Å². The second-order valence-electron chi connectivity index (χ2n) is 10.5. The minimum absolute atomic E-state index is 0.0631. The Morgan fingerprint density at radius 1 is 1.10 bits per heavy atom. The first-order valence-electron chi connectivity index (χ1n) is 14.1. The molecule has 2 aliphatic heterocycles. The van der Waals surface area contributed by atoms with Crippen molar-refractivity contribution in [3.63, 3.8) is 0 Å². The Morgan fingerprint density at radius 2 is 1.80 bits per heavy atom. The van der Waals surface area contributed by atoms with Crippen LogP contribution in [0.4, 0.5) is 4.79 Å². The summed E-state index contributed by atoms with van der Waals surface area (Å²) >= 11 is 0. The normalized spacial score (nSPS) is 19.8. The number of nitrogens with zero attached hydrogens (tertiary/aromatic N) is 3. The van der Waals surface area contributed by atoms with E-state index in [0.29, 0.717) is 19.6 Å². The molecule has 0 bridgehead atoms. The van der Waals surface area contributed by atoms with E-state index in [4.69, 9.17) is 10.3 Å². The maximum absolute atomic E-state index is 13.9. The lowest BCUT2D eigenvalue weighted by molar-refractivity contribution is -0.144. The minimum atomic E-state index is -1.26. The van der Waals surface area contributed by atoms with Crippen molar-refractivity contribution >= 4 is 23.8 Å². The average molecular weight is 558 g/mol. The molecule has 1 aromatic rings. The van der Waals surface area contributed by atoms with Crippen LogP contribution in [-0.4, -0.2) is 98.6 Å². The molecule has 0 radical (unpaired) electrons. The van der Waals surface area contributed by atoms with Gasteiger partial charge in [0.1, 0.15) is 12.1 Å². The molecule has 4 atom stereocenters. The number of hydrogen-bond acceptors (Lipinski definition) is 8. The van der Waals surface area contributed by atoms with Gasteiger partial charge in [-0.25, -0.2) is 15.1 Å². The summed E-state index contributed by atoms with van der Waals surface area (Å²) in [5, 5.41) is 12.1. The third-order valence-corrected chi connectivity index (χ3v) is 7.72. The molecular formula is C28H43N7O5. The van der Waals surface area contributed by atoms with Gasteiger partial charge in [-0.05, 0) is 37.8 Å². The molecule has 12 nitrogen and oxygen atoms in total. The number of ether oxygens (including phenoxy) is 1. The average Bonchev–Trinajstić information content (AvgIpc) is 3.28. The second-order valence-corrected chi connectivity index (χ2v) is 10.5. The number of likely N-dealkylation sites (N-methyl/N-ethyl adjacent to an activating group) is 1. The van der Waals surface area contributed by atoms with Gasteiger partial charge in [-0.3, -0.25) is 9.59 Å². The van der Waals surface area contributed by atoms with Crippen LogP contribution in [0.25, 0.3) is 0 Å². The largest absolute Gasteiger partial charge is 0.467 e. The first kappa shape index (κ1) is 31.0. The van der Waals surface area contributed by atoms with Gasteiger partial charge in [0, 0.05) is 39.1 Å². The van der Waals surface area contributed by atoms with Crippen molar-refractivity contribution in [2.45, 2.75) is 63.1 Å². The SMILES string of the molecule is COC(=O)[C@H](Cc1ccccc1)NC(=O)NC(C(=O)N1CCCCCC1)[C@@H](CN=N)C(=O)N(C)[C@H]1CCCNC1. The van der Waals surface area contributed by atoms with E-state index in [9.17, 15) is 19.2 Å². The number of piperidine rings is 1. The van der Waals surface area contributed by atoms with E-state index in [0.717, 1.165) is 50.6 Å². The molecule has 0 aromatic heterocycles. The molecular weight excluding hydrogens is 514 g/mol. The summed E-state index contributed by atoms with van der Waals surface area (Å²) in [6, 6.07) is 6.09. The van der Waals surface area contributed by atoms with E-state index in [1.807, 2.05) is 30.3 Å². The topological polar surface area (TPSA) is 156 Å². The molecule has 0 aliphatic carbocycles. The van der Waals surface area contributed by atoms with Crippen LogP contribution < -0.4 is 16.0 Å². The van der Waals surface area contributed by atoms with Crippen LogP contribution >= 0.6 is 0 Å². The second kappa shape index (κ2) is 15.9. The fraction of sp³-hybridized carbons (Fsp3) is 0.643. The van der Waals surface area contributed by atoms with Gasteiger partial charge in [0.25, 0.3) is 0 Å². The van der Waals surface area contributed by atoms with Crippen LogP contribution in [-0.2, 0) is 25.5 Å². The number of urea groups is 1. The molecule has 12 heteroatoms. The van der Waals surface area contributed by atoms with Crippen molar-refractivity contribution in [1.82, 2.24) is 25.8 Å². The Hall–Kier alpha value is -3.54. The van der Waals surface area contributed by atoms with Gasteiger partial charge in [-0.1, -0.05) is 43.2 Å². The summed E-state index contributed by atoms with van der Waals surface area (Å²) in [6.45, 7) is 2.31. The quantitative estimate of drug-likeness (QED) is 0.240. The third kappa shape index (κ3) is 8.73. The van der Waals surface area contributed by atoms with Gasteiger partial charge in [0.15, 0.2) is 0 Å². The van der Waals surface area contributed by atoms with E-state index in [1.165, 1.54) is 7.11 Å².